The normalized spacial score (nSPS) is 13.1. The molecule has 0 aliphatic rings. The molecule has 0 bridgehead atoms. The molecule has 1 aromatic carbocycles. The third kappa shape index (κ3) is 6.03. The first kappa shape index (κ1) is 16.5. The molecule has 4 nitrogen and oxygen atoms in total. The highest BCUT2D eigenvalue weighted by molar-refractivity contribution is 5.94. The third-order valence-electron chi connectivity index (χ3n) is 2.57. The number of ether oxygens (including phenoxy) is 1. The number of alkyl halides is 3. The zero-order chi connectivity index (χ0) is 15.2. The van der Waals surface area contributed by atoms with Crippen molar-refractivity contribution in [1.82, 2.24) is 0 Å². The van der Waals surface area contributed by atoms with E-state index in [1.807, 2.05) is 0 Å². The van der Waals surface area contributed by atoms with Crippen LogP contribution in [0.5, 0.6) is 0 Å². The number of aryl methyl sites for hydroxylation is 1. The average molecular weight is 290 g/mol. The molecule has 0 saturated heterocycles. The molecular weight excluding hydrogens is 273 g/mol. The van der Waals surface area contributed by atoms with E-state index in [0.717, 1.165) is 0 Å². The maximum absolute atomic E-state index is 12.1. The van der Waals surface area contributed by atoms with Crippen molar-refractivity contribution in [1.29, 1.82) is 0 Å². The van der Waals surface area contributed by atoms with Crippen molar-refractivity contribution in [2.45, 2.75) is 25.1 Å². The number of anilines is 1. The number of methoxy groups -OCH3 is 1. The lowest BCUT2D eigenvalue weighted by molar-refractivity contribution is -0.134. The van der Waals surface area contributed by atoms with E-state index in [1.165, 1.54) is 13.2 Å². The summed E-state index contributed by atoms with van der Waals surface area (Å²) < 4.78 is 41.2. The van der Waals surface area contributed by atoms with Gasteiger partial charge in [-0.1, -0.05) is 12.1 Å². The Morgan fingerprint density at radius 3 is 2.75 bits per heavy atom. The summed E-state index contributed by atoms with van der Waals surface area (Å²) in [6.45, 7) is 0.0690. The molecule has 0 aromatic heterocycles. The fourth-order valence-electron chi connectivity index (χ4n) is 1.58. The van der Waals surface area contributed by atoms with Gasteiger partial charge >= 0.3 is 6.18 Å². The van der Waals surface area contributed by atoms with Gasteiger partial charge in [-0.3, -0.25) is 4.79 Å². The van der Waals surface area contributed by atoms with Crippen LogP contribution >= 0.6 is 0 Å². The Balaban J connectivity index is 2.62. The second-order valence-corrected chi connectivity index (χ2v) is 4.37. The van der Waals surface area contributed by atoms with E-state index in [-0.39, 0.29) is 13.0 Å². The van der Waals surface area contributed by atoms with Gasteiger partial charge in [0.2, 0.25) is 5.91 Å². The van der Waals surface area contributed by atoms with Crippen LogP contribution < -0.4 is 11.1 Å². The molecule has 0 radical (unpaired) electrons. The number of amides is 1. The largest absolute Gasteiger partial charge is 0.389 e. The molecule has 0 spiro atoms. The summed E-state index contributed by atoms with van der Waals surface area (Å²) in [4.78, 5) is 11.6. The summed E-state index contributed by atoms with van der Waals surface area (Å²) >= 11 is 0. The van der Waals surface area contributed by atoms with Gasteiger partial charge in [0, 0.05) is 19.2 Å². The van der Waals surface area contributed by atoms with Crippen LogP contribution in [-0.2, 0) is 16.0 Å². The Kier molecular flexibility index (Phi) is 5.97. The minimum absolute atomic E-state index is 0.0690. The predicted octanol–water partition coefficient (Wildman–Crippen LogP) is 2.09. The Morgan fingerprint density at radius 1 is 1.45 bits per heavy atom. The first-order valence-electron chi connectivity index (χ1n) is 6.03. The number of hydrogen-bond acceptors (Lipinski definition) is 3. The molecule has 3 N–H and O–H groups in total. The van der Waals surface area contributed by atoms with Crippen molar-refractivity contribution in [2.75, 3.05) is 19.0 Å². The van der Waals surface area contributed by atoms with Gasteiger partial charge in [0.25, 0.3) is 0 Å². The molecule has 0 fully saturated rings. The third-order valence-corrected chi connectivity index (χ3v) is 2.57. The Labute approximate surface area is 115 Å². The quantitative estimate of drug-likeness (QED) is 0.843. The summed E-state index contributed by atoms with van der Waals surface area (Å²) in [5.74, 6) is -0.445. The van der Waals surface area contributed by atoms with Crippen molar-refractivity contribution in [2.24, 2.45) is 5.73 Å². The molecule has 20 heavy (non-hydrogen) atoms. The van der Waals surface area contributed by atoms with Crippen molar-refractivity contribution >= 4 is 11.6 Å². The number of carbonyl (C=O) groups is 1. The zero-order valence-corrected chi connectivity index (χ0v) is 11.0. The molecule has 1 unspecified atom stereocenters. The molecule has 1 atom stereocenters. The SMILES string of the molecule is COCC(N)C(=O)Nc1cccc(CCC(F)(F)F)c1. The van der Waals surface area contributed by atoms with E-state index in [1.54, 1.807) is 18.2 Å². The predicted molar refractivity (Wildman–Crippen MR) is 69.3 cm³/mol. The summed E-state index contributed by atoms with van der Waals surface area (Å²) in [5.41, 5.74) is 6.46. The number of hydrogen-bond donors (Lipinski definition) is 2. The lowest BCUT2D eigenvalue weighted by Gasteiger charge is -2.12. The summed E-state index contributed by atoms with van der Waals surface area (Å²) in [6.07, 6.45) is -5.22. The van der Waals surface area contributed by atoms with Gasteiger partial charge in [0.05, 0.1) is 6.61 Å². The molecule has 0 heterocycles. The molecule has 1 aromatic rings. The number of halogens is 3. The van der Waals surface area contributed by atoms with E-state index >= 15 is 0 Å². The van der Waals surface area contributed by atoms with Crippen LogP contribution in [0.15, 0.2) is 24.3 Å². The van der Waals surface area contributed by atoms with Gasteiger partial charge in [-0.25, -0.2) is 0 Å². The fourth-order valence-corrected chi connectivity index (χ4v) is 1.58. The van der Waals surface area contributed by atoms with E-state index < -0.39 is 24.5 Å². The van der Waals surface area contributed by atoms with Crippen LogP contribution in [-0.4, -0.2) is 31.8 Å². The lowest BCUT2D eigenvalue weighted by atomic mass is 10.1. The van der Waals surface area contributed by atoms with E-state index in [2.05, 4.69) is 5.32 Å². The van der Waals surface area contributed by atoms with Crippen LogP contribution in [0.3, 0.4) is 0 Å². The van der Waals surface area contributed by atoms with Crippen molar-refractivity contribution in [3.8, 4) is 0 Å². The van der Waals surface area contributed by atoms with E-state index in [0.29, 0.717) is 11.3 Å². The standard InChI is InChI=1S/C13H17F3N2O2/c1-20-8-11(17)12(19)18-10-4-2-3-9(7-10)5-6-13(14,15)16/h2-4,7,11H,5-6,8,17H2,1H3,(H,18,19). The molecule has 1 amide bonds. The number of benzene rings is 1. The smallest absolute Gasteiger partial charge is 0.383 e. The van der Waals surface area contributed by atoms with E-state index in [9.17, 15) is 18.0 Å². The maximum Gasteiger partial charge on any atom is 0.389 e. The monoisotopic (exact) mass is 290 g/mol. The highest BCUT2D eigenvalue weighted by Crippen LogP contribution is 2.23. The summed E-state index contributed by atoms with van der Waals surface area (Å²) in [6, 6.07) is 5.44. The minimum atomic E-state index is -4.19. The zero-order valence-electron chi connectivity index (χ0n) is 11.0. The van der Waals surface area contributed by atoms with Crippen LogP contribution in [0.4, 0.5) is 18.9 Å². The Bertz CT molecular complexity index is 449. The summed E-state index contributed by atoms with van der Waals surface area (Å²) in [7, 11) is 1.42. The molecule has 0 aliphatic carbocycles. The van der Waals surface area contributed by atoms with Crippen LogP contribution in [0.2, 0.25) is 0 Å². The second-order valence-electron chi connectivity index (χ2n) is 4.37. The maximum atomic E-state index is 12.1. The number of rotatable bonds is 6. The van der Waals surface area contributed by atoms with Gasteiger partial charge < -0.3 is 15.8 Å². The summed E-state index contributed by atoms with van der Waals surface area (Å²) in [5, 5.41) is 2.54. The topological polar surface area (TPSA) is 64.3 Å². The van der Waals surface area contributed by atoms with Crippen LogP contribution in [0.25, 0.3) is 0 Å². The van der Waals surface area contributed by atoms with E-state index in [4.69, 9.17) is 10.5 Å². The van der Waals surface area contributed by atoms with Crippen LogP contribution in [0.1, 0.15) is 12.0 Å². The Hall–Kier alpha value is -1.60. The molecule has 0 aliphatic heterocycles. The molecule has 112 valence electrons. The Morgan fingerprint density at radius 2 is 2.15 bits per heavy atom. The van der Waals surface area contributed by atoms with Gasteiger partial charge in [0.15, 0.2) is 0 Å². The second kappa shape index (κ2) is 7.25. The lowest BCUT2D eigenvalue weighted by Crippen LogP contribution is -2.39. The molecular formula is C13H17F3N2O2. The van der Waals surface area contributed by atoms with Gasteiger partial charge in [-0.2, -0.15) is 13.2 Å². The molecule has 1 rings (SSSR count). The highest BCUT2D eigenvalue weighted by atomic mass is 19.4. The van der Waals surface area contributed by atoms with Gasteiger partial charge in [-0.15, -0.1) is 0 Å². The minimum Gasteiger partial charge on any atom is -0.383 e. The highest BCUT2D eigenvalue weighted by Gasteiger charge is 2.26. The first-order chi connectivity index (χ1) is 9.31. The van der Waals surface area contributed by atoms with Crippen LogP contribution in [0, 0.1) is 0 Å². The van der Waals surface area contributed by atoms with Gasteiger partial charge in [-0.05, 0) is 24.1 Å². The average Bonchev–Trinajstić information content (AvgIpc) is 2.36. The fraction of sp³-hybridized carbons (Fsp3) is 0.462. The molecule has 0 saturated carbocycles. The molecule has 7 heteroatoms. The number of nitrogens with two attached hydrogens (primary N) is 1. The van der Waals surface area contributed by atoms with Crippen molar-refractivity contribution in [3.63, 3.8) is 0 Å². The number of nitrogens with one attached hydrogen (secondary N) is 1. The van der Waals surface area contributed by atoms with Crippen molar-refractivity contribution < 1.29 is 22.7 Å². The first-order valence-corrected chi connectivity index (χ1v) is 6.03. The number of carbonyl (C=O) groups excluding carboxylic acids is 1. The van der Waals surface area contributed by atoms with Crippen molar-refractivity contribution in [3.05, 3.63) is 29.8 Å². The van der Waals surface area contributed by atoms with Gasteiger partial charge in [0.1, 0.15) is 6.04 Å².